The van der Waals surface area contributed by atoms with Crippen molar-refractivity contribution < 1.29 is 0 Å². The minimum atomic E-state index is 0.147. The first kappa shape index (κ1) is 13.6. The highest BCUT2D eigenvalue weighted by molar-refractivity contribution is 6.42. The van der Waals surface area contributed by atoms with Gasteiger partial charge in [-0.1, -0.05) is 34.8 Å². The molecule has 1 aromatic carbocycles. The quantitative estimate of drug-likeness (QED) is 0.786. The van der Waals surface area contributed by atoms with Gasteiger partial charge in [-0.05, 0) is 43.9 Å². The topological polar surface area (TPSA) is 26.0 Å². The van der Waals surface area contributed by atoms with Gasteiger partial charge in [0.05, 0.1) is 10.0 Å². The predicted molar refractivity (Wildman–Crippen MR) is 72.2 cm³/mol. The van der Waals surface area contributed by atoms with E-state index in [2.05, 4.69) is 6.58 Å². The first-order valence-corrected chi connectivity index (χ1v) is 6.08. The summed E-state index contributed by atoms with van der Waals surface area (Å²) >= 11 is 11.8. The Morgan fingerprint density at radius 1 is 1.38 bits per heavy atom. The third-order valence-electron chi connectivity index (χ3n) is 2.42. The lowest BCUT2D eigenvalue weighted by Gasteiger charge is -2.12. The van der Waals surface area contributed by atoms with Crippen molar-refractivity contribution in [3.63, 3.8) is 0 Å². The second-order valence-electron chi connectivity index (χ2n) is 4.21. The summed E-state index contributed by atoms with van der Waals surface area (Å²) in [5, 5.41) is 1.17. The third kappa shape index (κ3) is 4.56. The van der Waals surface area contributed by atoms with Crippen LogP contribution >= 0.6 is 23.2 Å². The van der Waals surface area contributed by atoms with Gasteiger partial charge in [-0.2, -0.15) is 0 Å². The van der Waals surface area contributed by atoms with Crippen LogP contribution in [0.25, 0.3) is 0 Å². The van der Waals surface area contributed by atoms with E-state index in [1.54, 1.807) is 0 Å². The predicted octanol–water partition coefficient (Wildman–Crippen LogP) is 4.22. The average molecular weight is 258 g/mol. The SMILES string of the molecule is C=C(C)CCC(N)Cc1ccc(Cl)c(Cl)c1. The van der Waals surface area contributed by atoms with Crippen LogP contribution in [0.3, 0.4) is 0 Å². The van der Waals surface area contributed by atoms with E-state index in [4.69, 9.17) is 28.9 Å². The van der Waals surface area contributed by atoms with Crippen LogP contribution in [0, 0.1) is 0 Å². The van der Waals surface area contributed by atoms with Crippen LogP contribution in [0.1, 0.15) is 25.3 Å². The van der Waals surface area contributed by atoms with Crippen molar-refractivity contribution in [2.45, 2.75) is 32.2 Å². The number of nitrogens with two attached hydrogens (primary N) is 1. The number of hydrogen-bond donors (Lipinski definition) is 1. The molecule has 88 valence electrons. The highest BCUT2D eigenvalue weighted by Crippen LogP contribution is 2.23. The van der Waals surface area contributed by atoms with Gasteiger partial charge in [0.2, 0.25) is 0 Å². The fourth-order valence-corrected chi connectivity index (χ4v) is 1.82. The van der Waals surface area contributed by atoms with Crippen LogP contribution in [0.2, 0.25) is 10.0 Å². The Morgan fingerprint density at radius 3 is 2.62 bits per heavy atom. The molecule has 3 heteroatoms. The fraction of sp³-hybridized carbons (Fsp3) is 0.385. The van der Waals surface area contributed by atoms with Crippen molar-refractivity contribution in [1.82, 2.24) is 0 Å². The fourth-order valence-electron chi connectivity index (χ4n) is 1.50. The Hall–Kier alpha value is -0.500. The van der Waals surface area contributed by atoms with Crippen LogP contribution < -0.4 is 5.73 Å². The molecule has 1 rings (SSSR count). The maximum Gasteiger partial charge on any atom is 0.0595 e. The van der Waals surface area contributed by atoms with Gasteiger partial charge in [0.1, 0.15) is 0 Å². The van der Waals surface area contributed by atoms with Crippen molar-refractivity contribution in [3.05, 3.63) is 46.0 Å². The Kier molecular flexibility index (Phi) is 5.33. The van der Waals surface area contributed by atoms with E-state index in [0.717, 1.165) is 24.8 Å². The second-order valence-corrected chi connectivity index (χ2v) is 5.02. The summed E-state index contributed by atoms with van der Waals surface area (Å²) in [4.78, 5) is 0. The Morgan fingerprint density at radius 2 is 2.06 bits per heavy atom. The molecule has 0 aliphatic carbocycles. The molecule has 0 saturated heterocycles. The lowest BCUT2D eigenvalue weighted by Crippen LogP contribution is -2.22. The molecule has 16 heavy (non-hydrogen) atoms. The van der Waals surface area contributed by atoms with Crippen molar-refractivity contribution in [2.24, 2.45) is 5.73 Å². The highest BCUT2D eigenvalue weighted by Gasteiger charge is 2.06. The van der Waals surface area contributed by atoms with Crippen LogP contribution in [0.4, 0.5) is 0 Å². The maximum atomic E-state index is 6.02. The van der Waals surface area contributed by atoms with Crippen molar-refractivity contribution in [3.8, 4) is 0 Å². The van der Waals surface area contributed by atoms with E-state index < -0.39 is 0 Å². The van der Waals surface area contributed by atoms with E-state index in [9.17, 15) is 0 Å². The van der Waals surface area contributed by atoms with Gasteiger partial charge >= 0.3 is 0 Å². The lowest BCUT2D eigenvalue weighted by atomic mass is 10.0. The molecule has 0 radical (unpaired) electrons. The van der Waals surface area contributed by atoms with Gasteiger partial charge < -0.3 is 5.73 Å². The first-order chi connectivity index (χ1) is 7.49. The maximum absolute atomic E-state index is 6.02. The van der Waals surface area contributed by atoms with Crippen molar-refractivity contribution in [2.75, 3.05) is 0 Å². The normalized spacial score (nSPS) is 12.5. The summed E-state index contributed by atoms with van der Waals surface area (Å²) in [6.07, 6.45) is 2.75. The van der Waals surface area contributed by atoms with Crippen molar-refractivity contribution in [1.29, 1.82) is 0 Å². The molecular weight excluding hydrogens is 241 g/mol. The Balaban J connectivity index is 2.52. The van der Waals surface area contributed by atoms with Gasteiger partial charge in [0, 0.05) is 6.04 Å². The zero-order valence-electron chi connectivity index (χ0n) is 9.47. The van der Waals surface area contributed by atoms with Crippen LogP contribution in [0.5, 0.6) is 0 Å². The van der Waals surface area contributed by atoms with Gasteiger partial charge in [0.25, 0.3) is 0 Å². The zero-order chi connectivity index (χ0) is 12.1. The van der Waals surface area contributed by atoms with Crippen LogP contribution in [-0.4, -0.2) is 6.04 Å². The molecule has 0 bridgehead atoms. The van der Waals surface area contributed by atoms with E-state index in [0.29, 0.717) is 10.0 Å². The molecular formula is C13H17Cl2N. The smallest absolute Gasteiger partial charge is 0.0595 e. The van der Waals surface area contributed by atoms with Gasteiger partial charge in [-0.15, -0.1) is 6.58 Å². The molecule has 2 N–H and O–H groups in total. The average Bonchev–Trinajstić information content (AvgIpc) is 2.21. The highest BCUT2D eigenvalue weighted by atomic mass is 35.5. The molecule has 0 aromatic heterocycles. The third-order valence-corrected chi connectivity index (χ3v) is 3.16. The largest absolute Gasteiger partial charge is 0.327 e. The number of benzene rings is 1. The van der Waals surface area contributed by atoms with E-state index in [-0.39, 0.29) is 6.04 Å². The molecule has 0 heterocycles. The number of hydrogen-bond acceptors (Lipinski definition) is 1. The molecule has 0 amide bonds. The summed E-state index contributed by atoms with van der Waals surface area (Å²) in [6, 6.07) is 5.80. The molecule has 0 aliphatic heterocycles. The van der Waals surface area contributed by atoms with Gasteiger partial charge in [-0.25, -0.2) is 0 Å². The van der Waals surface area contributed by atoms with Gasteiger partial charge in [0.15, 0.2) is 0 Å². The number of halogens is 2. The zero-order valence-corrected chi connectivity index (χ0v) is 11.0. The van der Waals surface area contributed by atoms with E-state index >= 15 is 0 Å². The second kappa shape index (κ2) is 6.29. The lowest BCUT2D eigenvalue weighted by molar-refractivity contribution is 0.609. The summed E-state index contributed by atoms with van der Waals surface area (Å²) in [5.74, 6) is 0. The van der Waals surface area contributed by atoms with Crippen LogP contribution in [-0.2, 0) is 6.42 Å². The monoisotopic (exact) mass is 257 g/mol. The van der Waals surface area contributed by atoms with Crippen LogP contribution in [0.15, 0.2) is 30.4 Å². The van der Waals surface area contributed by atoms with Crippen molar-refractivity contribution >= 4 is 23.2 Å². The molecule has 1 aromatic rings. The molecule has 0 spiro atoms. The molecule has 0 fully saturated rings. The first-order valence-electron chi connectivity index (χ1n) is 5.33. The Bertz CT molecular complexity index is 374. The van der Waals surface area contributed by atoms with E-state index in [1.165, 1.54) is 5.57 Å². The molecule has 1 nitrogen and oxygen atoms in total. The number of allylic oxidation sites excluding steroid dienone is 1. The Labute approximate surface area is 107 Å². The summed E-state index contributed by atoms with van der Waals surface area (Å²) in [5.41, 5.74) is 8.32. The van der Waals surface area contributed by atoms with E-state index in [1.807, 2.05) is 25.1 Å². The summed E-state index contributed by atoms with van der Waals surface area (Å²) in [6.45, 7) is 5.89. The molecule has 0 aliphatic rings. The summed E-state index contributed by atoms with van der Waals surface area (Å²) < 4.78 is 0. The standard InChI is InChI=1S/C13H17Cl2N/c1-9(2)3-5-11(16)7-10-4-6-12(14)13(15)8-10/h4,6,8,11H,1,3,5,7,16H2,2H3. The molecule has 1 unspecified atom stereocenters. The number of rotatable bonds is 5. The molecule has 1 atom stereocenters. The molecule has 0 saturated carbocycles. The van der Waals surface area contributed by atoms with Gasteiger partial charge in [-0.3, -0.25) is 0 Å². The minimum Gasteiger partial charge on any atom is -0.327 e. The summed E-state index contributed by atoms with van der Waals surface area (Å²) in [7, 11) is 0. The minimum absolute atomic E-state index is 0.147.